The molecule has 5 nitrogen and oxygen atoms in total. The summed E-state index contributed by atoms with van der Waals surface area (Å²) in [5, 5.41) is 7.14. The molecule has 7 heteroatoms. The van der Waals surface area contributed by atoms with Gasteiger partial charge in [0.2, 0.25) is 0 Å². The van der Waals surface area contributed by atoms with Crippen molar-refractivity contribution in [3.63, 3.8) is 0 Å². The summed E-state index contributed by atoms with van der Waals surface area (Å²) in [6.07, 6.45) is 2.43. The largest absolute Gasteiger partial charge is 0.433 e. The molecule has 0 saturated carbocycles. The highest BCUT2D eigenvalue weighted by Gasteiger charge is 2.10. The summed E-state index contributed by atoms with van der Waals surface area (Å²) in [5.41, 5.74) is 0.499. The number of nitrogens with one attached hydrogen (secondary N) is 1. The Bertz CT molecular complexity index is 545. The highest BCUT2D eigenvalue weighted by atomic mass is 19.3. The third-order valence-electron chi connectivity index (χ3n) is 2.67. The smallest absolute Gasteiger partial charge is 0.387 e. The minimum Gasteiger partial charge on any atom is -0.433 e. The maximum atomic E-state index is 12.3. The van der Waals surface area contributed by atoms with E-state index in [4.69, 9.17) is 0 Å². The molecule has 108 valence electrons. The third kappa shape index (κ3) is 3.66. The van der Waals surface area contributed by atoms with Crippen LogP contribution in [0, 0.1) is 0 Å². The first-order valence-electron chi connectivity index (χ1n) is 6.35. The molecule has 0 fully saturated rings. The van der Waals surface area contributed by atoms with Crippen molar-refractivity contribution in [3.05, 3.63) is 36.4 Å². The Morgan fingerprint density at radius 3 is 2.90 bits per heavy atom. The summed E-state index contributed by atoms with van der Waals surface area (Å²) < 4.78 is 30.8. The number of para-hydroxylation sites is 2. The highest BCUT2D eigenvalue weighted by molar-refractivity contribution is 5.56. The molecule has 2 rings (SSSR count). The second-order valence-corrected chi connectivity index (χ2v) is 4.13. The van der Waals surface area contributed by atoms with E-state index >= 15 is 0 Å². The van der Waals surface area contributed by atoms with E-state index < -0.39 is 6.61 Å². The van der Waals surface area contributed by atoms with Gasteiger partial charge in [0, 0.05) is 6.54 Å². The van der Waals surface area contributed by atoms with Crippen LogP contribution in [0.2, 0.25) is 0 Å². The minimum absolute atomic E-state index is 0.115. The van der Waals surface area contributed by atoms with Crippen molar-refractivity contribution < 1.29 is 13.5 Å². The molecule has 1 N–H and O–H groups in total. The lowest BCUT2D eigenvalue weighted by atomic mass is 10.3. The SMILES string of the molecule is CCCn1ncnc1CNc1ccccc1OC(F)F. The van der Waals surface area contributed by atoms with E-state index in [1.54, 1.807) is 22.9 Å². The van der Waals surface area contributed by atoms with Gasteiger partial charge in [-0.05, 0) is 18.6 Å². The molecule has 0 bridgehead atoms. The molecule has 0 aliphatic rings. The second kappa shape index (κ2) is 6.83. The van der Waals surface area contributed by atoms with Crippen molar-refractivity contribution in [2.45, 2.75) is 33.0 Å². The monoisotopic (exact) mass is 282 g/mol. The summed E-state index contributed by atoms with van der Waals surface area (Å²) in [5.74, 6) is 0.864. The van der Waals surface area contributed by atoms with E-state index in [0.29, 0.717) is 12.2 Å². The first-order chi connectivity index (χ1) is 9.70. The summed E-state index contributed by atoms with van der Waals surface area (Å²) in [6.45, 7) is 0.363. The fourth-order valence-corrected chi connectivity index (χ4v) is 1.81. The Morgan fingerprint density at radius 1 is 1.35 bits per heavy atom. The van der Waals surface area contributed by atoms with Gasteiger partial charge in [-0.1, -0.05) is 19.1 Å². The molecule has 20 heavy (non-hydrogen) atoms. The van der Waals surface area contributed by atoms with Crippen LogP contribution in [0.1, 0.15) is 19.2 Å². The quantitative estimate of drug-likeness (QED) is 0.848. The zero-order valence-electron chi connectivity index (χ0n) is 11.1. The summed E-state index contributed by atoms with van der Waals surface area (Å²) in [7, 11) is 0. The van der Waals surface area contributed by atoms with E-state index in [1.165, 1.54) is 12.4 Å². The molecule has 2 aromatic rings. The molecular formula is C13H16F2N4O. The molecule has 0 amide bonds. The van der Waals surface area contributed by atoms with Crippen LogP contribution in [-0.2, 0) is 13.1 Å². The number of alkyl halides is 2. The molecular weight excluding hydrogens is 266 g/mol. The number of hydrogen-bond donors (Lipinski definition) is 1. The Kier molecular flexibility index (Phi) is 4.86. The molecule has 1 aromatic carbocycles. The zero-order chi connectivity index (χ0) is 14.4. The van der Waals surface area contributed by atoms with E-state index in [1.807, 2.05) is 6.92 Å². The average Bonchev–Trinajstić information content (AvgIpc) is 2.85. The van der Waals surface area contributed by atoms with E-state index in [2.05, 4.69) is 20.1 Å². The van der Waals surface area contributed by atoms with Gasteiger partial charge < -0.3 is 10.1 Å². The molecule has 0 unspecified atom stereocenters. The van der Waals surface area contributed by atoms with E-state index in [9.17, 15) is 8.78 Å². The number of hydrogen-bond acceptors (Lipinski definition) is 4. The number of aryl methyl sites for hydroxylation is 1. The number of nitrogens with zero attached hydrogens (tertiary/aromatic N) is 3. The topological polar surface area (TPSA) is 52.0 Å². The van der Waals surface area contributed by atoms with Gasteiger partial charge in [0.15, 0.2) is 0 Å². The third-order valence-corrected chi connectivity index (χ3v) is 2.67. The molecule has 0 atom stereocenters. The van der Waals surface area contributed by atoms with Crippen LogP contribution >= 0.6 is 0 Å². The molecule has 0 radical (unpaired) electrons. The molecule has 1 aromatic heterocycles. The van der Waals surface area contributed by atoms with Gasteiger partial charge in [0.1, 0.15) is 17.9 Å². The number of benzene rings is 1. The lowest BCUT2D eigenvalue weighted by Gasteiger charge is -2.12. The van der Waals surface area contributed by atoms with Crippen molar-refractivity contribution >= 4 is 5.69 Å². The first kappa shape index (κ1) is 14.2. The van der Waals surface area contributed by atoms with Crippen LogP contribution in [0.4, 0.5) is 14.5 Å². The van der Waals surface area contributed by atoms with Gasteiger partial charge in [-0.25, -0.2) is 9.67 Å². The molecule has 0 aliphatic heterocycles. The van der Waals surface area contributed by atoms with Crippen LogP contribution in [-0.4, -0.2) is 21.4 Å². The lowest BCUT2D eigenvalue weighted by Crippen LogP contribution is -2.11. The minimum atomic E-state index is -2.85. The normalized spacial score (nSPS) is 10.8. The van der Waals surface area contributed by atoms with Crippen molar-refractivity contribution in [2.24, 2.45) is 0 Å². The van der Waals surface area contributed by atoms with Crippen LogP contribution in [0.15, 0.2) is 30.6 Å². The number of aromatic nitrogens is 3. The fraction of sp³-hybridized carbons (Fsp3) is 0.385. The Hall–Kier alpha value is -2.18. The van der Waals surface area contributed by atoms with Crippen LogP contribution in [0.3, 0.4) is 0 Å². The maximum Gasteiger partial charge on any atom is 0.387 e. The van der Waals surface area contributed by atoms with E-state index in [0.717, 1.165) is 18.8 Å². The molecule has 0 spiro atoms. The van der Waals surface area contributed by atoms with Gasteiger partial charge in [0.05, 0.1) is 12.2 Å². The molecule has 1 heterocycles. The van der Waals surface area contributed by atoms with Crippen LogP contribution < -0.4 is 10.1 Å². The van der Waals surface area contributed by atoms with Crippen LogP contribution in [0.5, 0.6) is 5.75 Å². The fourth-order valence-electron chi connectivity index (χ4n) is 1.81. The van der Waals surface area contributed by atoms with Gasteiger partial charge in [-0.3, -0.25) is 0 Å². The highest BCUT2D eigenvalue weighted by Crippen LogP contribution is 2.25. The number of ether oxygens (including phenoxy) is 1. The van der Waals surface area contributed by atoms with Crippen molar-refractivity contribution in [1.29, 1.82) is 0 Å². The summed E-state index contributed by atoms with van der Waals surface area (Å²) in [4.78, 5) is 4.14. The summed E-state index contributed by atoms with van der Waals surface area (Å²) in [6, 6.07) is 6.56. The predicted molar refractivity (Wildman–Crippen MR) is 70.7 cm³/mol. The average molecular weight is 282 g/mol. The van der Waals surface area contributed by atoms with Crippen molar-refractivity contribution in [3.8, 4) is 5.75 Å². The summed E-state index contributed by atoms with van der Waals surface area (Å²) >= 11 is 0. The zero-order valence-corrected chi connectivity index (χ0v) is 11.1. The van der Waals surface area contributed by atoms with Gasteiger partial charge in [-0.15, -0.1) is 0 Å². The van der Waals surface area contributed by atoms with Gasteiger partial charge >= 0.3 is 6.61 Å². The molecule has 0 saturated heterocycles. The first-order valence-corrected chi connectivity index (χ1v) is 6.35. The van der Waals surface area contributed by atoms with Crippen molar-refractivity contribution in [2.75, 3.05) is 5.32 Å². The number of rotatable bonds is 7. The Labute approximate surface area is 115 Å². The van der Waals surface area contributed by atoms with Gasteiger partial charge in [0.25, 0.3) is 0 Å². The Morgan fingerprint density at radius 2 is 2.15 bits per heavy atom. The Balaban J connectivity index is 2.05. The molecule has 0 aliphatic carbocycles. The predicted octanol–water partition coefficient (Wildman–Crippen LogP) is 2.90. The number of halogens is 2. The lowest BCUT2D eigenvalue weighted by molar-refractivity contribution is -0.0493. The standard InChI is InChI=1S/C13H16F2N4O/c1-2-7-19-12(17-9-18-19)8-16-10-5-3-4-6-11(10)20-13(14)15/h3-6,9,13,16H,2,7-8H2,1H3. The van der Waals surface area contributed by atoms with Crippen molar-refractivity contribution in [1.82, 2.24) is 14.8 Å². The van der Waals surface area contributed by atoms with Crippen LogP contribution in [0.25, 0.3) is 0 Å². The maximum absolute atomic E-state index is 12.3. The van der Waals surface area contributed by atoms with Gasteiger partial charge in [-0.2, -0.15) is 13.9 Å². The second-order valence-electron chi connectivity index (χ2n) is 4.13. The van der Waals surface area contributed by atoms with E-state index in [-0.39, 0.29) is 5.75 Å². The number of anilines is 1.